The van der Waals surface area contributed by atoms with Crippen LogP contribution in [0.5, 0.6) is 0 Å². The van der Waals surface area contributed by atoms with E-state index in [1.165, 1.54) is 0 Å². The average Bonchev–Trinajstić information content (AvgIpc) is 2.61. The van der Waals surface area contributed by atoms with Gasteiger partial charge in [0.25, 0.3) is 0 Å². The number of hydrogen-bond acceptors (Lipinski definition) is 11. The lowest BCUT2D eigenvalue weighted by molar-refractivity contribution is -0.363. The Kier molecular flexibility index (Phi) is 7.27. The van der Waals surface area contributed by atoms with Crippen LogP contribution in [0.2, 0.25) is 0 Å². The zero-order valence-electron chi connectivity index (χ0n) is 14.0. The molecule has 10 atom stereocenters. The Morgan fingerprint density at radius 1 is 0.846 bits per heavy atom. The van der Waals surface area contributed by atoms with Crippen molar-refractivity contribution in [1.29, 1.82) is 0 Å². The van der Waals surface area contributed by atoms with Crippen LogP contribution in [0.1, 0.15) is 6.92 Å². The SMILES string of the molecule is CC(=O)N[C@H]1C(OC2O[C@H](CO)[C@@H](O)[C@H](O)[C@@H]2O)O[C@H](CO)[C@@H](O)[C@@H]1O. The third-order valence-electron chi connectivity index (χ3n) is 4.37. The highest BCUT2D eigenvalue weighted by Gasteiger charge is 2.50. The summed E-state index contributed by atoms with van der Waals surface area (Å²) in [6.45, 7) is -0.187. The number of ether oxygens (including phenoxy) is 3. The normalized spacial score (nSPS) is 46.8. The third-order valence-corrected chi connectivity index (χ3v) is 4.37. The first-order chi connectivity index (χ1) is 12.2. The lowest BCUT2D eigenvalue weighted by Gasteiger charge is -2.45. The Bertz CT molecular complexity index is 478. The molecule has 2 unspecified atom stereocenters. The molecule has 0 aliphatic carbocycles. The van der Waals surface area contributed by atoms with Crippen LogP contribution >= 0.6 is 0 Å². The van der Waals surface area contributed by atoms with E-state index in [2.05, 4.69) is 5.32 Å². The van der Waals surface area contributed by atoms with Crippen LogP contribution < -0.4 is 5.32 Å². The monoisotopic (exact) mass is 383 g/mol. The predicted octanol–water partition coefficient (Wildman–Crippen LogP) is -5.25. The van der Waals surface area contributed by atoms with E-state index in [0.29, 0.717) is 0 Å². The summed E-state index contributed by atoms with van der Waals surface area (Å²) in [7, 11) is 0. The van der Waals surface area contributed by atoms with Crippen LogP contribution in [0.25, 0.3) is 0 Å². The van der Waals surface area contributed by atoms with Crippen molar-refractivity contribution >= 4 is 5.91 Å². The third kappa shape index (κ3) is 4.31. The van der Waals surface area contributed by atoms with Crippen molar-refractivity contribution in [2.24, 2.45) is 0 Å². The van der Waals surface area contributed by atoms with Gasteiger partial charge in [-0.25, -0.2) is 0 Å². The molecule has 2 rings (SSSR count). The lowest BCUT2D eigenvalue weighted by Crippen LogP contribution is -2.67. The standard InChI is InChI=1S/C14H25NO11/c1-4(18)15-7-10(21)8(19)5(2-16)24-13(7)26-14-12(23)11(22)9(20)6(3-17)25-14/h5-14,16-17,19-23H,2-3H2,1H3,(H,15,18)/t5-,6-,7-,8-,9-,10-,11+,12+,13?,14?/m1/s1. The fourth-order valence-electron chi connectivity index (χ4n) is 2.90. The average molecular weight is 383 g/mol. The molecule has 0 aromatic heterocycles. The van der Waals surface area contributed by atoms with E-state index in [-0.39, 0.29) is 0 Å². The maximum Gasteiger partial charge on any atom is 0.217 e. The molecule has 0 aromatic carbocycles. The predicted molar refractivity (Wildman–Crippen MR) is 80.2 cm³/mol. The summed E-state index contributed by atoms with van der Waals surface area (Å²) in [5.74, 6) is -0.574. The Labute approximate surface area is 148 Å². The molecule has 0 aromatic rings. The minimum atomic E-state index is -1.73. The molecular formula is C14H25NO11. The van der Waals surface area contributed by atoms with E-state index in [4.69, 9.17) is 14.2 Å². The van der Waals surface area contributed by atoms with Crippen molar-refractivity contribution in [2.45, 2.75) is 68.3 Å². The molecule has 0 radical (unpaired) electrons. The summed E-state index contributed by atoms with van der Waals surface area (Å²) >= 11 is 0. The zero-order valence-corrected chi connectivity index (χ0v) is 14.0. The van der Waals surface area contributed by atoms with Crippen molar-refractivity contribution in [3.05, 3.63) is 0 Å². The van der Waals surface area contributed by atoms with E-state index in [1.54, 1.807) is 0 Å². The highest BCUT2D eigenvalue weighted by atomic mass is 16.8. The van der Waals surface area contributed by atoms with Gasteiger partial charge in [0.05, 0.1) is 13.2 Å². The molecule has 2 fully saturated rings. The van der Waals surface area contributed by atoms with E-state index in [1.807, 2.05) is 0 Å². The van der Waals surface area contributed by atoms with Crippen molar-refractivity contribution in [3.63, 3.8) is 0 Å². The Morgan fingerprint density at radius 3 is 1.85 bits per heavy atom. The van der Waals surface area contributed by atoms with Gasteiger partial charge in [-0.3, -0.25) is 4.79 Å². The number of nitrogens with one attached hydrogen (secondary N) is 1. The lowest BCUT2D eigenvalue weighted by atomic mass is 9.96. The molecule has 0 saturated carbocycles. The molecule has 2 aliphatic heterocycles. The second kappa shape index (κ2) is 8.84. The Balaban J connectivity index is 2.18. The van der Waals surface area contributed by atoms with Gasteiger partial charge in [0.2, 0.25) is 5.91 Å². The highest BCUT2D eigenvalue weighted by Crippen LogP contribution is 2.28. The van der Waals surface area contributed by atoms with Crippen LogP contribution in [0.3, 0.4) is 0 Å². The largest absolute Gasteiger partial charge is 0.394 e. The molecule has 2 saturated heterocycles. The number of amides is 1. The van der Waals surface area contributed by atoms with Gasteiger partial charge in [-0.1, -0.05) is 0 Å². The molecule has 12 nitrogen and oxygen atoms in total. The first-order valence-electron chi connectivity index (χ1n) is 8.06. The summed E-state index contributed by atoms with van der Waals surface area (Å²) in [6.07, 6.45) is -13.7. The maximum atomic E-state index is 11.4. The molecule has 12 heteroatoms. The van der Waals surface area contributed by atoms with Gasteiger partial charge >= 0.3 is 0 Å². The summed E-state index contributed by atoms with van der Waals surface area (Å²) in [6, 6.07) is -1.28. The summed E-state index contributed by atoms with van der Waals surface area (Å²) in [5, 5.41) is 70.4. The highest BCUT2D eigenvalue weighted by molar-refractivity contribution is 5.73. The van der Waals surface area contributed by atoms with Crippen molar-refractivity contribution < 1.29 is 54.8 Å². The number of carbonyl (C=O) groups excluding carboxylic acids is 1. The van der Waals surface area contributed by atoms with Gasteiger partial charge in [-0.15, -0.1) is 0 Å². The molecular weight excluding hydrogens is 358 g/mol. The molecule has 26 heavy (non-hydrogen) atoms. The van der Waals surface area contributed by atoms with Gasteiger partial charge in [0.1, 0.15) is 48.8 Å². The second-order valence-electron chi connectivity index (χ2n) is 6.27. The van der Waals surface area contributed by atoms with Gasteiger partial charge in [0.15, 0.2) is 12.6 Å². The van der Waals surface area contributed by atoms with Gasteiger partial charge in [-0.2, -0.15) is 0 Å². The zero-order chi connectivity index (χ0) is 19.6. The number of aliphatic hydroxyl groups is 7. The Morgan fingerprint density at radius 2 is 1.35 bits per heavy atom. The minimum Gasteiger partial charge on any atom is -0.394 e. The number of hydrogen-bond donors (Lipinski definition) is 8. The Hall–Kier alpha value is -0.930. The van der Waals surface area contributed by atoms with Gasteiger partial charge in [0, 0.05) is 6.92 Å². The molecule has 8 N–H and O–H groups in total. The number of rotatable bonds is 5. The second-order valence-corrected chi connectivity index (χ2v) is 6.27. The molecule has 152 valence electrons. The topological polar surface area (TPSA) is 198 Å². The summed E-state index contributed by atoms with van der Waals surface area (Å²) < 4.78 is 15.9. The number of carbonyl (C=O) groups is 1. The molecule has 2 aliphatic rings. The minimum absolute atomic E-state index is 0.574. The van der Waals surface area contributed by atoms with E-state index < -0.39 is 80.5 Å². The van der Waals surface area contributed by atoms with E-state index in [9.17, 15) is 40.5 Å². The van der Waals surface area contributed by atoms with Crippen molar-refractivity contribution in [3.8, 4) is 0 Å². The number of aliphatic hydroxyl groups excluding tert-OH is 7. The maximum absolute atomic E-state index is 11.4. The molecule has 1 amide bonds. The van der Waals surface area contributed by atoms with Gasteiger partial charge < -0.3 is 55.3 Å². The summed E-state index contributed by atoms with van der Waals surface area (Å²) in [5.41, 5.74) is 0. The first-order valence-corrected chi connectivity index (χ1v) is 8.06. The summed E-state index contributed by atoms with van der Waals surface area (Å²) in [4.78, 5) is 11.4. The van der Waals surface area contributed by atoms with Crippen LogP contribution in [0, 0.1) is 0 Å². The smallest absolute Gasteiger partial charge is 0.217 e. The molecule has 0 spiro atoms. The van der Waals surface area contributed by atoms with Crippen LogP contribution in [-0.2, 0) is 19.0 Å². The quantitative estimate of drug-likeness (QED) is 0.226. The van der Waals surface area contributed by atoms with Crippen LogP contribution in [0.4, 0.5) is 0 Å². The molecule has 2 heterocycles. The van der Waals surface area contributed by atoms with Gasteiger partial charge in [-0.05, 0) is 0 Å². The fourth-order valence-corrected chi connectivity index (χ4v) is 2.90. The van der Waals surface area contributed by atoms with E-state index in [0.717, 1.165) is 6.92 Å². The first kappa shape index (κ1) is 21.4. The van der Waals surface area contributed by atoms with E-state index >= 15 is 0 Å². The van der Waals surface area contributed by atoms with Crippen molar-refractivity contribution in [1.82, 2.24) is 5.32 Å². The fraction of sp³-hybridized carbons (Fsp3) is 0.929. The van der Waals surface area contributed by atoms with Crippen LogP contribution in [-0.4, -0.2) is 116 Å². The van der Waals surface area contributed by atoms with Crippen molar-refractivity contribution in [2.75, 3.05) is 13.2 Å². The molecule has 0 bridgehead atoms. The van der Waals surface area contributed by atoms with Crippen LogP contribution in [0.15, 0.2) is 0 Å².